The fourth-order valence-electron chi connectivity index (χ4n) is 0.894. The molecule has 0 spiro atoms. The van der Waals surface area contributed by atoms with Crippen LogP contribution in [0.3, 0.4) is 0 Å². The van der Waals surface area contributed by atoms with E-state index in [-0.39, 0.29) is 34.4 Å². The Morgan fingerprint density at radius 2 is 2.00 bits per heavy atom. The Labute approximate surface area is 89.5 Å². The van der Waals surface area contributed by atoms with Crippen LogP contribution in [0.2, 0.25) is 0 Å². The quantitative estimate of drug-likeness (QED) is 0.594. The van der Waals surface area contributed by atoms with Crippen LogP contribution >= 0.6 is 11.3 Å². The van der Waals surface area contributed by atoms with Crippen LogP contribution in [0.5, 0.6) is 0 Å². The summed E-state index contributed by atoms with van der Waals surface area (Å²) in [5.41, 5.74) is 0.928. The van der Waals surface area contributed by atoms with E-state index in [1.165, 1.54) is 11.3 Å². The van der Waals surface area contributed by atoms with Crippen LogP contribution in [0.1, 0.15) is 0 Å². The first-order chi connectivity index (χ1) is 4.86. The second-order valence-corrected chi connectivity index (χ2v) is 3.03. The van der Waals surface area contributed by atoms with Gasteiger partial charge in [-0.2, -0.15) is 0 Å². The monoisotopic (exact) mass is 175 g/mol. The molecule has 1 heterocycles. The molecule has 0 aliphatic carbocycles. The topological polar surface area (TPSA) is 32.9 Å². The summed E-state index contributed by atoms with van der Waals surface area (Å²) < 4.78 is 1.02. The average Bonchev–Trinajstić information content (AvgIpc) is 2.27. The van der Waals surface area contributed by atoms with Gasteiger partial charge in [0, 0.05) is 0 Å². The summed E-state index contributed by atoms with van der Waals surface area (Å²) in [7, 11) is 0. The Hall–Kier alpha value is -0.0900. The number of para-hydroxylation sites is 1. The first-order valence-electron chi connectivity index (χ1n) is 2.94. The molecule has 0 saturated heterocycles. The van der Waals surface area contributed by atoms with E-state index < -0.39 is 0 Å². The molecule has 0 amide bonds. The molecule has 0 aliphatic heterocycles. The first kappa shape index (κ1) is 9.00. The van der Waals surface area contributed by atoms with Crippen LogP contribution in [0.25, 0.3) is 10.2 Å². The minimum atomic E-state index is 0. The Kier molecular flexibility index (Phi) is 2.90. The molecule has 1 aromatic heterocycles. The first-order valence-corrected chi connectivity index (χ1v) is 3.76. The number of thiazole rings is 1. The van der Waals surface area contributed by atoms with Crippen LogP contribution < -0.4 is 4.87 Å². The molecule has 2 aromatic rings. The number of hydrogen-bond donors (Lipinski definition) is 1. The van der Waals surface area contributed by atoms with E-state index in [1.54, 1.807) is 0 Å². The van der Waals surface area contributed by atoms with E-state index >= 15 is 0 Å². The second-order valence-electron chi connectivity index (χ2n) is 2.01. The Bertz CT molecular complexity index is 370. The number of benzene rings is 1. The molecule has 0 aliphatic rings. The minimum absolute atomic E-state index is 0. The van der Waals surface area contributed by atoms with Gasteiger partial charge < -0.3 is 4.98 Å². The van der Waals surface area contributed by atoms with Crippen molar-refractivity contribution in [2.75, 3.05) is 0 Å². The molecule has 0 bridgehead atoms. The molecule has 2 rings (SSSR count). The number of rotatable bonds is 0. The van der Waals surface area contributed by atoms with E-state index in [1.807, 2.05) is 24.3 Å². The Morgan fingerprint density at radius 3 is 2.73 bits per heavy atom. The van der Waals surface area contributed by atoms with Crippen molar-refractivity contribution in [3.8, 4) is 0 Å². The van der Waals surface area contributed by atoms with Gasteiger partial charge in [0.2, 0.25) is 0 Å². The maximum absolute atomic E-state index is 10.8. The molecule has 4 heteroatoms. The number of hydrogen-bond acceptors (Lipinski definition) is 2. The van der Waals surface area contributed by atoms with E-state index in [0.29, 0.717) is 0 Å². The van der Waals surface area contributed by atoms with Gasteiger partial charge in [0.25, 0.3) is 0 Å². The number of fused-ring (bicyclic) bond motifs is 1. The Morgan fingerprint density at radius 1 is 1.27 bits per heavy atom. The number of aromatic nitrogens is 1. The summed E-state index contributed by atoms with van der Waals surface area (Å²) in [5, 5.41) is 0. The predicted octanol–water partition coefficient (Wildman–Crippen LogP) is 0.941. The van der Waals surface area contributed by atoms with Gasteiger partial charge >= 0.3 is 34.4 Å². The van der Waals surface area contributed by atoms with Crippen molar-refractivity contribution in [3.05, 3.63) is 33.9 Å². The van der Waals surface area contributed by atoms with Crippen LogP contribution in [0, 0.1) is 0 Å². The molecule has 0 radical (unpaired) electrons. The van der Waals surface area contributed by atoms with Crippen molar-refractivity contribution < 1.29 is 0 Å². The van der Waals surface area contributed by atoms with Crippen LogP contribution in [-0.4, -0.2) is 34.5 Å². The SMILES string of the molecule is O=c1[nH]c2ccccc2s1.[NaH]. The molecular weight excluding hydrogens is 169 g/mol. The summed E-state index contributed by atoms with van der Waals surface area (Å²) in [4.78, 5) is 13.5. The number of aromatic amines is 1. The summed E-state index contributed by atoms with van der Waals surface area (Å²) >= 11 is 1.24. The molecule has 11 heavy (non-hydrogen) atoms. The van der Waals surface area contributed by atoms with Gasteiger partial charge in [-0.3, -0.25) is 4.79 Å². The fraction of sp³-hybridized carbons (Fsp3) is 0. The standard InChI is InChI=1S/C7H5NOS.Na.H/c9-7-8-5-3-1-2-4-6(5)10-7;;/h1-4H,(H,8,9);;. The summed E-state index contributed by atoms with van der Waals surface area (Å²) in [6, 6.07) is 7.65. The van der Waals surface area contributed by atoms with Gasteiger partial charge in [-0.25, -0.2) is 0 Å². The number of H-pyrrole nitrogens is 1. The molecule has 1 aromatic carbocycles. The zero-order chi connectivity index (χ0) is 6.97. The van der Waals surface area contributed by atoms with Crippen molar-refractivity contribution in [1.29, 1.82) is 0 Å². The number of nitrogens with one attached hydrogen (secondary N) is 1. The van der Waals surface area contributed by atoms with Gasteiger partial charge in [-0.15, -0.1) is 0 Å². The predicted molar refractivity (Wildman–Crippen MR) is 49.6 cm³/mol. The maximum atomic E-state index is 10.8. The third kappa shape index (κ3) is 1.73. The van der Waals surface area contributed by atoms with Crippen molar-refractivity contribution in [1.82, 2.24) is 4.98 Å². The summed E-state index contributed by atoms with van der Waals surface area (Å²) in [6.45, 7) is 0. The van der Waals surface area contributed by atoms with Crippen LogP contribution in [0.4, 0.5) is 0 Å². The summed E-state index contributed by atoms with van der Waals surface area (Å²) in [5.74, 6) is 0. The third-order valence-electron chi connectivity index (χ3n) is 1.33. The molecule has 0 atom stereocenters. The van der Waals surface area contributed by atoms with Crippen molar-refractivity contribution in [2.45, 2.75) is 0 Å². The average molecular weight is 175 g/mol. The van der Waals surface area contributed by atoms with Crippen molar-refractivity contribution >= 4 is 51.1 Å². The molecule has 52 valence electrons. The van der Waals surface area contributed by atoms with E-state index in [2.05, 4.69) is 4.98 Å². The summed E-state index contributed by atoms with van der Waals surface area (Å²) in [6.07, 6.45) is 0. The molecule has 0 fully saturated rings. The molecule has 0 unspecified atom stereocenters. The van der Waals surface area contributed by atoms with Crippen LogP contribution in [-0.2, 0) is 0 Å². The van der Waals surface area contributed by atoms with Gasteiger partial charge in [-0.05, 0) is 12.1 Å². The molecule has 1 N–H and O–H groups in total. The second kappa shape index (κ2) is 3.54. The third-order valence-corrected chi connectivity index (χ3v) is 2.19. The van der Waals surface area contributed by atoms with Gasteiger partial charge in [-0.1, -0.05) is 23.5 Å². The van der Waals surface area contributed by atoms with Crippen molar-refractivity contribution in [2.24, 2.45) is 0 Å². The van der Waals surface area contributed by atoms with Gasteiger partial charge in [0.1, 0.15) is 0 Å². The fourth-order valence-corrected chi connectivity index (χ4v) is 1.63. The van der Waals surface area contributed by atoms with Crippen molar-refractivity contribution in [3.63, 3.8) is 0 Å². The van der Waals surface area contributed by atoms with Crippen LogP contribution in [0.15, 0.2) is 29.1 Å². The molecule has 2 nitrogen and oxygen atoms in total. The van der Waals surface area contributed by atoms with E-state index in [9.17, 15) is 4.79 Å². The van der Waals surface area contributed by atoms with E-state index in [0.717, 1.165) is 10.2 Å². The molecular formula is C7H6NNaOS. The van der Waals surface area contributed by atoms with Gasteiger partial charge in [0.15, 0.2) is 0 Å². The van der Waals surface area contributed by atoms with Gasteiger partial charge in [0.05, 0.1) is 10.2 Å². The normalized spacial score (nSPS) is 9.45. The molecule has 0 saturated carbocycles. The zero-order valence-corrected chi connectivity index (χ0v) is 5.94. The Balaban J connectivity index is 0.000000605. The van der Waals surface area contributed by atoms with E-state index in [4.69, 9.17) is 0 Å². The zero-order valence-electron chi connectivity index (χ0n) is 5.13.